The van der Waals surface area contributed by atoms with E-state index in [1.807, 2.05) is 37.3 Å². The van der Waals surface area contributed by atoms with E-state index in [4.69, 9.17) is 4.74 Å². The molecule has 0 saturated carbocycles. The first-order chi connectivity index (χ1) is 13.6. The fraction of sp³-hybridized carbons (Fsp3) is 0.480. The van der Waals surface area contributed by atoms with Crippen LogP contribution in [0.25, 0.3) is 6.08 Å². The van der Waals surface area contributed by atoms with E-state index in [1.54, 1.807) is 13.0 Å². The van der Waals surface area contributed by atoms with Crippen LogP contribution >= 0.6 is 0 Å². The number of benzene rings is 1. The van der Waals surface area contributed by atoms with E-state index < -0.39 is 0 Å². The van der Waals surface area contributed by atoms with E-state index in [-0.39, 0.29) is 12.0 Å². The second kappa shape index (κ2) is 12.4. The molecule has 0 aromatic heterocycles. The SMILES string of the molecule is CCCCCCCCCNC1Oc2ccccc2C=C1/C=C/C(C)=C/C(C)=O. The fourth-order valence-corrected chi connectivity index (χ4v) is 3.36. The normalized spacial score (nSPS) is 16.6. The van der Waals surface area contributed by atoms with Crippen LogP contribution in [-0.4, -0.2) is 18.6 Å². The quantitative estimate of drug-likeness (QED) is 0.265. The van der Waals surface area contributed by atoms with Crippen molar-refractivity contribution in [2.75, 3.05) is 6.54 Å². The van der Waals surface area contributed by atoms with Crippen LogP contribution in [0.3, 0.4) is 0 Å². The van der Waals surface area contributed by atoms with Gasteiger partial charge in [-0.1, -0.05) is 75.8 Å². The summed E-state index contributed by atoms with van der Waals surface area (Å²) in [4.78, 5) is 11.3. The second-order valence-electron chi connectivity index (χ2n) is 7.59. The summed E-state index contributed by atoms with van der Waals surface area (Å²) in [7, 11) is 0. The van der Waals surface area contributed by atoms with Gasteiger partial charge in [-0.25, -0.2) is 0 Å². The number of rotatable bonds is 12. The van der Waals surface area contributed by atoms with Crippen LogP contribution in [0.15, 0.2) is 53.6 Å². The molecule has 1 N–H and O–H groups in total. The summed E-state index contributed by atoms with van der Waals surface area (Å²) in [5.74, 6) is 0.975. The number of fused-ring (bicyclic) bond motifs is 1. The summed E-state index contributed by atoms with van der Waals surface area (Å²) < 4.78 is 6.20. The highest BCUT2D eigenvalue weighted by Crippen LogP contribution is 2.29. The molecule has 3 heteroatoms. The van der Waals surface area contributed by atoms with Gasteiger partial charge in [-0.3, -0.25) is 10.1 Å². The van der Waals surface area contributed by atoms with Crippen LogP contribution in [0.4, 0.5) is 0 Å². The molecule has 1 aliphatic rings. The van der Waals surface area contributed by atoms with Crippen LogP contribution in [-0.2, 0) is 4.79 Å². The molecule has 0 radical (unpaired) electrons. The van der Waals surface area contributed by atoms with Crippen molar-refractivity contribution in [2.45, 2.75) is 71.9 Å². The molecule has 0 saturated heterocycles. The van der Waals surface area contributed by atoms with Gasteiger partial charge in [-0.15, -0.1) is 0 Å². The predicted octanol–water partition coefficient (Wildman–Crippen LogP) is 6.22. The van der Waals surface area contributed by atoms with Crippen molar-refractivity contribution in [3.05, 3.63) is 59.2 Å². The summed E-state index contributed by atoms with van der Waals surface area (Å²) in [5.41, 5.74) is 3.11. The van der Waals surface area contributed by atoms with Crippen LogP contribution in [0.5, 0.6) is 5.75 Å². The molecule has 0 fully saturated rings. The van der Waals surface area contributed by atoms with Crippen molar-refractivity contribution >= 4 is 11.9 Å². The maximum Gasteiger partial charge on any atom is 0.176 e. The minimum atomic E-state index is -0.156. The Kier molecular flexibility index (Phi) is 9.78. The highest BCUT2D eigenvalue weighted by molar-refractivity contribution is 5.88. The maximum atomic E-state index is 11.3. The molecule has 0 spiro atoms. The number of unbranched alkanes of at least 4 members (excludes halogenated alkanes) is 6. The minimum Gasteiger partial charge on any atom is -0.471 e. The standard InChI is InChI=1S/C25H35NO2/c1-4-5-6-7-8-9-12-17-26-25-23(16-15-20(2)18-21(3)27)19-22-13-10-11-14-24(22)28-25/h10-11,13-16,18-19,25-26H,4-9,12,17H2,1-3H3/b16-15+,20-18+. The number of nitrogens with one attached hydrogen (secondary N) is 1. The largest absolute Gasteiger partial charge is 0.471 e. The van der Waals surface area contributed by atoms with Gasteiger partial charge in [0.05, 0.1) is 0 Å². The zero-order valence-corrected chi connectivity index (χ0v) is 17.7. The lowest BCUT2D eigenvalue weighted by Crippen LogP contribution is -2.38. The Morgan fingerprint density at radius 3 is 2.54 bits per heavy atom. The van der Waals surface area contributed by atoms with Gasteiger partial charge in [-0.2, -0.15) is 0 Å². The van der Waals surface area contributed by atoms with Crippen molar-refractivity contribution in [1.29, 1.82) is 0 Å². The van der Waals surface area contributed by atoms with Crippen LogP contribution in [0.2, 0.25) is 0 Å². The smallest absolute Gasteiger partial charge is 0.176 e. The first kappa shape index (κ1) is 22.2. The third kappa shape index (κ3) is 7.85. The van der Waals surface area contributed by atoms with E-state index in [9.17, 15) is 4.79 Å². The number of carbonyl (C=O) groups excluding carboxylic acids is 1. The lowest BCUT2D eigenvalue weighted by Gasteiger charge is -2.27. The van der Waals surface area contributed by atoms with Gasteiger partial charge in [0.2, 0.25) is 0 Å². The number of hydrogen-bond donors (Lipinski definition) is 1. The van der Waals surface area contributed by atoms with Gasteiger partial charge in [0, 0.05) is 11.1 Å². The molecule has 2 rings (SSSR count). The number of allylic oxidation sites excluding steroid dienone is 3. The van der Waals surface area contributed by atoms with E-state index in [1.165, 1.54) is 38.5 Å². The van der Waals surface area contributed by atoms with E-state index in [0.717, 1.165) is 35.4 Å². The summed E-state index contributed by atoms with van der Waals surface area (Å²) in [6, 6.07) is 8.09. The van der Waals surface area contributed by atoms with Gasteiger partial charge >= 0.3 is 0 Å². The highest BCUT2D eigenvalue weighted by Gasteiger charge is 2.20. The molecule has 1 aromatic rings. The Bertz CT molecular complexity index is 715. The first-order valence-corrected chi connectivity index (χ1v) is 10.7. The number of hydrogen-bond acceptors (Lipinski definition) is 3. The maximum absolute atomic E-state index is 11.3. The summed E-state index contributed by atoms with van der Waals surface area (Å²) in [6.45, 7) is 6.71. The lowest BCUT2D eigenvalue weighted by molar-refractivity contribution is -0.112. The average molecular weight is 382 g/mol. The predicted molar refractivity (Wildman–Crippen MR) is 118 cm³/mol. The molecule has 1 unspecified atom stereocenters. The van der Waals surface area contributed by atoms with Gasteiger partial charge < -0.3 is 4.74 Å². The zero-order chi connectivity index (χ0) is 20.2. The topological polar surface area (TPSA) is 38.3 Å². The molecule has 0 aliphatic carbocycles. The molecule has 152 valence electrons. The van der Waals surface area contributed by atoms with Gasteiger partial charge in [0.15, 0.2) is 12.0 Å². The molecule has 28 heavy (non-hydrogen) atoms. The van der Waals surface area contributed by atoms with Crippen LogP contribution in [0.1, 0.15) is 71.3 Å². The lowest BCUT2D eigenvalue weighted by atomic mass is 10.0. The third-order valence-corrected chi connectivity index (χ3v) is 4.87. The Morgan fingerprint density at radius 2 is 1.79 bits per heavy atom. The first-order valence-electron chi connectivity index (χ1n) is 10.7. The molecule has 3 nitrogen and oxygen atoms in total. The number of para-hydroxylation sites is 1. The van der Waals surface area contributed by atoms with Crippen molar-refractivity contribution in [3.8, 4) is 5.75 Å². The van der Waals surface area contributed by atoms with Gasteiger partial charge in [0.1, 0.15) is 5.75 Å². The monoisotopic (exact) mass is 381 g/mol. The molecule has 1 heterocycles. The molecular formula is C25H35NO2. The average Bonchev–Trinajstić information content (AvgIpc) is 2.67. The summed E-state index contributed by atoms with van der Waals surface area (Å²) in [5, 5.41) is 3.55. The number of carbonyl (C=O) groups is 1. The molecule has 1 aromatic carbocycles. The Labute approximate surface area is 170 Å². The van der Waals surface area contributed by atoms with Crippen molar-refractivity contribution < 1.29 is 9.53 Å². The minimum absolute atomic E-state index is 0.0648. The van der Waals surface area contributed by atoms with Gasteiger partial charge in [0.25, 0.3) is 0 Å². The molecular weight excluding hydrogens is 346 g/mol. The van der Waals surface area contributed by atoms with Crippen LogP contribution in [0, 0.1) is 0 Å². The van der Waals surface area contributed by atoms with E-state index in [2.05, 4.69) is 24.4 Å². The summed E-state index contributed by atoms with van der Waals surface area (Å²) in [6.07, 6.45) is 16.8. The molecule has 0 amide bonds. The molecule has 0 bridgehead atoms. The zero-order valence-electron chi connectivity index (χ0n) is 17.7. The third-order valence-electron chi connectivity index (χ3n) is 4.87. The highest BCUT2D eigenvalue weighted by atomic mass is 16.5. The van der Waals surface area contributed by atoms with Crippen LogP contribution < -0.4 is 10.1 Å². The molecule has 1 aliphatic heterocycles. The fourth-order valence-electron chi connectivity index (χ4n) is 3.36. The number of ether oxygens (including phenoxy) is 1. The van der Waals surface area contributed by atoms with Crippen molar-refractivity contribution in [3.63, 3.8) is 0 Å². The summed E-state index contributed by atoms with van der Waals surface area (Å²) >= 11 is 0. The van der Waals surface area contributed by atoms with Gasteiger partial charge in [-0.05, 0) is 50.6 Å². The second-order valence-corrected chi connectivity index (χ2v) is 7.59. The Hall–Kier alpha value is -2.13. The Morgan fingerprint density at radius 1 is 1.07 bits per heavy atom. The van der Waals surface area contributed by atoms with Crippen molar-refractivity contribution in [2.24, 2.45) is 0 Å². The Balaban J connectivity index is 1.93. The molecule has 1 atom stereocenters. The van der Waals surface area contributed by atoms with E-state index >= 15 is 0 Å². The van der Waals surface area contributed by atoms with Crippen molar-refractivity contribution in [1.82, 2.24) is 5.32 Å². The van der Waals surface area contributed by atoms with E-state index in [0.29, 0.717) is 0 Å². The number of ketones is 1.